The molecule has 0 N–H and O–H groups in total. The Morgan fingerprint density at radius 3 is 2.29 bits per heavy atom. The summed E-state index contributed by atoms with van der Waals surface area (Å²) in [5.41, 5.74) is 0.914. The zero-order chi connectivity index (χ0) is 12.8. The van der Waals surface area contributed by atoms with Crippen molar-refractivity contribution in [3.63, 3.8) is 0 Å². The van der Waals surface area contributed by atoms with Crippen LogP contribution in [0.3, 0.4) is 0 Å². The summed E-state index contributed by atoms with van der Waals surface area (Å²) in [5, 5.41) is 1.01. The Hall–Kier alpha value is -1.32. The van der Waals surface area contributed by atoms with Crippen LogP contribution in [0, 0.1) is 0 Å². The van der Waals surface area contributed by atoms with Gasteiger partial charge in [0, 0.05) is 0 Å². The fraction of sp³-hybridized carbons (Fsp3) is 0.462. The fourth-order valence-corrected chi connectivity index (χ4v) is 1.79. The highest BCUT2D eigenvalue weighted by Crippen LogP contribution is 2.25. The number of nitrogens with zero attached hydrogens (tertiary/aromatic N) is 1. The van der Waals surface area contributed by atoms with Gasteiger partial charge in [0.15, 0.2) is 6.04 Å². The topological polar surface area (TPSA) is 12.4 Å². The molecule has 1 nitrogen and oxygen atoms in total. The zero-order valence-electron chi connectivity index (χ0n) is 9.97. The molecule has 0 bridgehead atoms. The molecular weight excluding hydrogens is 227 g/mol. The summed E-state index contributed by atoms with van der Waals surface area (Å²) in [7, 11) is 0. The normalized spacial score (nSPS) is 19.5. The molecule has 17 heavy (non-hydrogen) atoms. The SMILES string of the molecule is CC(C)(C)c1ccc2c(c1)=N[C@H](C(F)(F)F)C=2. The molecule has 92 valence electrons. The van der Waals surface area contributed by atoms with Crippen molar-refractivity contribution in [2.45, 2.75) is 38.4 Å². The predicted molar refractivity (Wildman–Crippen MR) is 60.2 cm³/mol. The van der Waals surface area contributed by atoms with E-state index in [1.165, 1.54) is 6.08 Å². The van der Waals surface area contributed by atoms with Crippen molar-refractivity contribution in [1.82, 2.24) is 0 Å². The molecule has 0 radical (unpaired) electrons. The Balaban J connectivity index is 2.51. The fourth-order valence-electron chi connectivity index (χ4n) is 1.79. The van der Waals surface area contributed by atoms with Gasteiger partial charge in [-0.05, 0) is 28.3 Å². The maximum atomic E-state index is 12.5. The number of rotatable bonds is 0. The van der Waals surface area contributed by atoms with Crippen LogP contribution in [0.1, 0.15) is 26.3 Å². The van der Waals surface area contributed by atoms with Gasteiger partial charge in [-0.2, -0.15) is 13.2 Å². The van der Waals surface area contributed by atoms with E-state index in [1.54, 1.807) is 12.1 Å². The van der Waals surface area contributed by atoms with Crippen LogP contribution in [-0.2, 0) is 5.41 Å². The molecule has 0 amide bonds. The van der Waals surface area contributed by atoms with Gasteiger partial charge >= 0.3 is 6.18 Å². The minimum atomic E-state index is -4.29. The maximum absolute atomic E-state index is 12.5. The minimum absolute atomic E-state index is 0.0825. The van der Waals surface area contributed by atoms with Gasteiger partial charge in [-0.15, -0.1) is 0 Å². The van der Waals surface area contributed by atoms with Gasteiger partial charge in [0.25, 0.3) is 0 Å². The van der Waals surface area contributed by atoms with Crippen molar-refractivity contribution in [2.75, 3.05) is 0 Å². The first-order valence-corrected chi connectivity index (χ1v) is 5.45. The summed E-state index contributed by atoms with van der Waals surface area (Å²) in [5.74, 6) is 0. The third-order valence-electron chi connectivity index (χ3n) is 2.85. The Morgan fingerprint density at radius 2 is 1.76 bits per heavy atom. The lowest BCUT2D eigenvalue weighted by Gasteiger charge is -2.18. The molecule has 1 aromatic rings. The molecular formula is C13H14F3N. The second kappa shape index (κ2) is 3.59. The molecule has 0 spiro atoms. The molecule has 1 aliphatic rings. The van der Waals surface area contributed by atoms with E-state index in [0.717, 1.165) is 5.56 Å². The second-order valence-electron chi connectivity index (χ2n) is 5.31. The summed E-state index contributed by atoms with van der Waals surface area (Å²) in [4.78, 5) is 3.72. The Morgan fingerprint density at radius 1 is 1.12 bits per heavy atom. The molecule has 0 aliphatic carbocycles. The average molecular weight is 241 g/mol. The number of benzene rings is 1. The van der Waals surface area contributed by atoms with E-state index in [0.29, 0.717) is 10.6 Å². The first-order valence-electron chi connectivity index (χ1n) is 5.45. The highest BCUT2D eigenvalue weighted by atomic mass is 19.4. The van der Waals surface area contributed by atoms with Gasteiger partial charge < -0.3 is 0 Å². The molecule has 1 aliphatic heterocycles. The monoisotopic (exact) mass is 241 g/mol. The van der Waals surface area contributed by atoms with Crippen LogP contribution in [0.15, 0.2) is 23.2 Å². The number of hydrogen-bond donors (Lipinski definition) is 0. The van der Waals surface area contributed by atoms with Crippen molar-refractivity contribution < 1.29 is 13.2 Å². The summed E-state index contributed by atoms with van der Waals surface area (Å²) < 4.78 is 37.6. The van der Waals surface area contributed by atoms with Crippen LogP contribution in [0.4, 0.5) is 13.2 Å². The van der Waals surface area contributed by atoms with Crippen LogP contribution < -0.4 is 10.6 Å². The van der Waals surface area contributed by atoms with Crippen LogP contribution in [0.25, 0.3) is 6.08 Å². The van der Waals surface area contributed by atoms with E-state index < -0.39 is 12.2 Å². The Bertz CT molecular complexity index is 549. The molecule has 0 saturated carbocycles. The quantitative estimate of drug-likeness (QED) is 0.661. The standard InChI is InChI=1S/C13H14F3N/c1-12(2,3)9-5-4-8-6-11(13(14,15)16)17-10(8)7-9/h4-7,11H,1-3H3/t11-/m0/s1. The first kappa shape index (κ1) is 12.1. The maximum Gasteiger partial charge on any atom is 0.414 e. The van der Waals surface area contributed by atoms with E-state index in [1.807, 2.05) is 26.8 Å². The Kier molecular flexibility index (Phi) is 2.56. The molecule has 1 heterocycles. The van der Waals surface area contributed by atoms with Crippen molar-refractivity contribution >= 4 is 6.08 Å². The molecule has 1 atom stereocenters. The number of hydrogen-bond acceptors (Lipinski definition) is 1. The smallest absolute Gasteiger partial charge is 0.268 e. The lowest BCUT2D eigenvalue weighted by molar-refractivity contribution is -0.133. The van der Waals surface area contributed by atoms with E-state index in [9.17, 15) is 13.2 Å². The van der Waals surface area contributed by atoms with Crippen molar-refractivity contribution in [3.05, 3.63) is 34.3 Å². The van der Waals surface area contributed by atoms with Crippen LogP contribution in [-0.4, -0.2) is 12.2 Å². The molecule has 4 heteroatoms. The van der Waals surface area contributed by atoms with Crippen molar-refractivity contribution in [1.29, 1.82) is 0 Å². The minimum Gasteiger partial charge on any atom is -0.268 e. The van der Waals surface area contributed by atoms with E-state index in [4.69, 9.17) is 0 Å². The number of halogens is 3. The van der Waals surface area contributed by atoms with Crippen LogP contribution >= 0.6 is 0 Å². The second-order valence-corrected chi connectivity index (χ2v) is 5.31. The van der Waals surface area contributed by atoms with Gasteiger partial charge in [0.2, 0.25) is 0 Å². The van der Waals surface area contributed by atoms with Crippen molar-refractivity contribution in [2.24, 2.45) is 4.99 Å². The van der Waals surface area contributed by atoms with Gasteiger partial charge in [-0.1, -0.05) is 32.9 Å². The first-order chi connectivity index (χ1) is 7.68. The van der Waals surface area contributed by atoms with Crippen molar-refractivity contribution in [3.8, 4) is 0 Å². The highest BCUT2D eigenvalue weighted by molar-refractivity contribution is 5.38. The Labute approximate surface area is 97.7 Å². The summed E-state index contributed by atoms with van der Waals surface area (Å²) >= 11 is 0. The lowest BCUT2D eigenvalue weighted by Crippen LogP contribution is -2.25. The molecule has 0 unspecified atom stereocenters. The molecule has 1 aromatic carbocycles. The zero-order valence-corrected chi connectivity index (χ0v) is 9.97. The van der Waals surface area contributed by atoms with Gasteiger partial charge in [0.1, 0.15) is 0 Å². The molecule has 0 fully saturated rings. The lowest BCUT2D eigenvalue weighted by atomic mass is 9.87. The van der Waals surface area contributed by atoms with Gasteiger partial charge in [0.05, 0.1) is 5.36 Å². The van der Waals surface area contributed by atoms with Crippen LogP contribution in [0.5, 0.6) is 0 Å². The third-order valence-corrected chi connectivity index (χ3v) is 2.85. The predicted octanol–water partition coefficient (Wildman–Crippen LogP) is 2.33. The van der Waals surface area contributed by atoms with Gasteiger partial charge in [-0.3, -0.25) is 4.99 Å². The highest BCUT2D eigenvalue weighted by Gasteiger charge is 2.39. The third kappa shape index (κ3) is 2.35. The number of alkyl halides is 3. The van der Waals surface area contributed by atoms with E-state index in [-0.39, 0.29) is 5.41 Å². The van der Waals surface area contributed by atoms with Crippen LogP contribution in [0.2, 0.25) is 0 Å². The largest absolute Gasteiger partial charge is 0.414 e. The molecule has 2 rings (SSSR count). The molecule has 0 saturated heterocycles. The van der Waals surface area contributed by atoms with E-state index >= 15 is 0 Å². The summed E-state index contributed by atoms with van der Waals surface area (Å²) in [6.07, 6.45) is -3.12. The summed E-state index contributed by atoms with van der Waals surface area (Å²) in [6.45, 7) is 6.07. The molecule has 0 aromatic heterocycles. The van der Waals surface area contributed by atoms with Gasteiger partial charge in [-0.25, -0.2) is 0 Å². The average Bonchev–Trinajstić information content (AvgIpc) is 2.57. The van der Waals surface area contributed by atoms with E-state index in [2.05, 4.69) is 4.99 Å². The summed E-state index contributed by atoms with van der Waals surface area (Å²) in [6, 6.07) is 3.64. The number of fused-ring (bicyclic) bond motifs is 1.